The van der Waals surface area contributed by atoms with E-state index in [1.54, 1.807) is 18.4 Å². The average molecular weight is 284 g/mol. The van der Waals surface area contributed by atoms with Crippen LogP contribution in [0, 0.1) is 6.92 Å². The normalized spacial score (nSPS) is 11.7. The fraction of sp³-hybridized carbons (Fsp3) is 0.692. The van der Waals surface area contributed by atoms with E-state index in [1.165, 1.54) is 0 Å². The summed E-state index contributed by atoms with van der Waals surface area (Å²) in [5.41, 5.74) is 1.09. The number of aryl methyl sites for hydroxylation is 1. The fourth-order valence-electron chi connectivity index (χ4n) is 1.70. The number of rotatable bonds is 7. The fourth-order valence-corrected chi connectivity index (χ4v) is 2.31. The van der Waals surface area contributed by atoms with E-state index in [9.17, 15) is 0 Å². The zero-order valence-corrected chi connectivity index (χ0v) is 13.1. The number of nitrogens with zero attached hydrogens (tertiary/aromatic N) is 3. The second kappa shape index (κ2) is 8.87. The Kier molecular flexibility index (Phi) is 7.43. The molecule has 1 aromatic rings. The first kappa shape index (κ1) is 15.9. The molecular formula is C13H24N4OS. The molecule has 6 heteroatoms. The van der Waals surface area contributed by atoms with Crippen molar-refractivity contribution in [2.45, 2.75) is 26.8 Å². The molecule has 1 aromatic heterocycles. The van der Waals surface area contributed by atoms with Crippen molar-refractivity contribution in [2.24, 2.45) is 4.99 Å². The van der Waals surface area contributed by atoms with E-state index in [4.69, 9.17) is 4.74 Å². The van der Waals surface area contributed by atoms with Crippen molar-refractivity contribution in [1.82, 2.24) is 15.2 Å². The third-order valence-corrected chi connectivity index (χ3v) is 3.41. The number of aliphatic imine (C=N–C) groups is 1. The van der Waals surface area contributed by atoms with Gasteiger partial charge in [-0.05, 0) is 20.3 Å². The number of guanidine groups is 1. The van der Waals surface area contributed by atoms with E-state index in [0.717, 1.165) is 49.4 Å². The number of aromatic nitrogens is 1. The molecule has 0 fully saturated rings. The highest BCUT2D eigenvalue weighted by molar-refractivity contribution is 7.09. The van der Waals surface area contributed by atoms with E-state index in [1.807, 2.05) is 20.9 Å². The van der Waals surface area contributed by atoms with Crippen LogP contribution in [0.5, 0.6) is 0 Å². The summed E-state index contributed by atoms with van der Waals surface area (Å²) in [6.45, 7) is 7.24. The summed E-state index contributed by atoms with van der Waals surface area (Å²) in [7, 11) is 3.82. The number of hydrogen-bond acceptors (Lipinski definition) is 4. The van der Waals surface area contributed by atoms with Gasteiger partial charge >= 0.3 is 0 Å². The van der Waals surface area contributed by atoms with Crippen LogP contribution in [0.25, 0.3) is 0 Å². The van der Waals surface area contributed by atoms with Crippen molar-refractivity contribution >= 4 is 17.3 Å². The number of thiazole rings is 1. The van der Waals surface area contributed by atoms with Gasteiger partial charge in [-0.1, -0.05) is 0 Å². The predicted molar refractivity (Wildman–Crippen MR) is 80.8 cm³/mol. The first-order valence-corrected chi connectivity index (χ1v) is 7.45. The van der Waals surface area contributed by atoms with E-state index < -0.39 is 0 Å². The van der Waals surface area contributed by atoms with Crippen LogP contribution in [0.2, 0.25) is 0 Å². The van der Waals surface area contributed by atoms with Crippen molar-refractivity contribution in [3.63, 3.8) is 0 Å². The van der Waals surface area contributed by atoms with Gasteiger partial charge in [-0.25, -0.2) is 4.98 Å². The summed E-state index contributed by atoms with van der Waals surface area (Å²) in [4.78, 5) is 10.8. The second-order valence-corrected chi connectivity index (χ2v) is 5.30. The lowest BCUT2D eigenvalue weighted by atomic mass is 10.4. The van der Waals surface area contributed by atoms with Crippen molar-refractivity contribution in [3.05, 3.63) is 16.1 Å². The van der Waals surface area contributed by atoms with E-state index in [2.05, 4.69) is 25.6 Å². The highest BCUT2D eigenvalue weighted by atomic mass is 32.1. The smallest absolute Gasteiger partial charge is 0.193 e. The molecule has 0 bridgehead atoms. The molecule has 108 valence electrons. The first-order chi connectivity index (χ1) is 9.17. The SMILES string of the molecule is CCOCCCNC(=NC)N(C)Cc1csc(C)n1. The van der Waals surface area contributed by atoms with Crippen molar-refractivity contribution in [1.29, 1.82) is 0 Å². The van der Waals surface area contributed by atoms with Crippen LogP contribution in [0.15, 0.2) is 10.4 Å². The molecule has 1 heterocycles. The van der Waals surface area contributed by atoms with Crippen LogP contribution in [0.1, 0.15) is 24.0 Å². The molecule has 0 unspecified atom stereocenters. The van der Waals surface area contributed by atoms with Gasteiger partial charge in [0.25, 0.3) is 0 Å². The molecule has 1 rings (SSSR count). The summed E-state index contributed by atoms with van der Waals surface area (Å²) < 4.78 is 5.31. The summed E-state index contributed by atoms with van der Waals surface area (Å²) in [5, 5.41) is 6.52. The van der Waals surface area contributed by atoms with E-state index in [-0.39, 0.29) is 0 Å². The van der Waals surface area contributed by atoms with Gasteiger partial charge in [0.15, 0.2) is 5.96 Å². The van der Waals surface area contributed by atoms with Crippen LogP contribution in [-0.4, -0.2) is 49.7 Å². The summed E-state index contributed by atoms with van der Waals surface area (Å²) >= 11 is 1.68. The molecule has 0 amide bonds. The molecule has 0 spiro atoms. The maximum Gasteiger partial charge on any atom is 0.193 e. The zero-order chi connectivity index (χ0) is 14.1. The van der Waals surface area contributed by atoms with Crippen LogP contribution in [-0.2, 0) is 11.3 Å². The minimum absolute atomic E-state index is 0.773. The van der Waals surface area contributed by atoms with Crippen LogP contribution in [0.4, 0.5) is 0 Å². The Bertz CT molecular complexity index is 392. The van der Waals surface area contributed by atoms with Crippen molar-refractivity contribution in [2.75, 3.05) is 33.9 Å². The molecule has 0 radical (unpaired) electrons. The standard InChI is InChI=1S/C13H24N4OS/c1-5-18-8-6-7-15-13(14-3)17(4)9-12-10-19-11(2)16-12/h10H,5-9H2,1-4H3,(H,14,15). The van der Waals surface area contributed by atoms with Crippen LogP contribution < -0.4 is 5.32 Å². The van der Waals surface area contributed by atoms with Crippen LogP contribution in [0.3, 0.4) is 0 Å². The molecule has 0 aliphatic rings. The Labute approximate surface area is 119 Å². The molecule has 0 saturated carbocycles. The van der Waals surface area contributed by atoms with Gasteiger partial charge in [0, 0.05) is 39.2 Å². The van der Waals surface area contributed by atoms with Gasteiger partial charge < -0.3 is 15.0 Å². The number of nitrogens with one attached hydrogen (secondary N) is 1. The molecule has 0 saturated heterocycles. The topological polar surface area (TPSA) is 49.8 Å². The Balaban J connectivity index is 2.33. The van der Waals surface area contributed by atoms with Gasteiger partial charge in [0.2, 0.25) is 0 Å². The van der Waals surface area contributed by atoms with Gasteiger partial charge in [-0.15, -0.1) is 11.3 Å². The molecule has 0 aliphatic heterocycles. The van der Waals surface area contributed by atoms with Gasteiger partial charge in [-0.2, -0.15) is 0 Å². The molecule has 19 heavy (non-hydrogen) atoms. The first-order valence-electron chi connectivity index (χ1n) is 6.58. The lowest BCUT2D eigenvalue weighted by molar-refractivity contribution is 0.145. The zero-order valence-electron chi connectivity index (χ0n) is 12.3. The highest BCUT2D eigenvalue weighted by Crippen LogP contribution is 2.09. The summed E-state index contributed by atoms with van der Waals surface area (Å²) in [5.74, 6) is 0.891. The third-order valence-electron chi connectivity index (χ3n) is 2.59. The number of hydrogen-bond donors (Lipinski definition) is 1. The maximum absolute atomic E-state index is 5.31. The van der Waals surface area contributed by atoms with Crippen molar-refractivity contribution in [3.8, 4) is 0 Å². The largest absolute Gasteiger partial charge is 0.382 e. The Morgan fingerprint density at radius 1 is 1.58 bits per heavy atom. The van der Waals surface area contributed by atoms with Gasteiger partial charge in [0.05, 0.1) is 17.2 Å². The minimum atomic E-state index is 0.773. The molecule has 1 N–H and O–H groups in total. The lowest BCUT2D eigenvalue weighted by Crippen LogP contribution is -2.39. The molecule has 0 atom stereocenters. The Morgan fingerprint density at radius 3 is 2.95 bits per heavy atom. The summed E-state index contributed by atoms with van der Waals surface area (Å²) in [6.07, 6.45) is 0.983. The molecule has 5 nitrogen and oxygen atoms in total. The highest BCUT2D eigenvalue weighted by Gasteiger charge is 2.07. The Hall–Kier alpha value is -1.14. The van der Waals surface area contributed by atoms with Gasteiger partial charge in [0.1, 0.15) is 0 Å². The maximum atomic E-state index is 5.31. The quantitative estimate of drug-likeness (QED) is 0.472. The summed E-state index contributed by atoms with van der Waals surface area (Å²) in [6, 6.07) is 0. The lowest BCUT2D eigenvalue weighted by Gasteiger charge is -2.21. The van der Waals surface area contributed by atoms with Crippen molar-refractivity contribution < 1.29 is 4.74 Å². The third kappa shape index (κ3) is 6.02. The minimum Gasteiger partial charge on any atom is -0.382 e. The second-order valence-electron chi connectivity index (χ2n) is 4.24. The Morgan fingerprint density at radius 2 is 2.37 bits per heavy atom. The monoisotopic (exact) mass is 284 g/mol. The molecule has 0 aliphatic carbocycles. The number of ether oxygens (including phenoxy) is 1. The van der Waals surface area contributed by atoms with Crippen LogP contribution >= 0.6 is 11.3 Å². The molecular weight excluding hydrogens is 260 g/mol. The van der Waals surface area contributed by atoms with E-state index >= 15 is 0 Å². The predicted octanol–water partition coefficient (Wildman–Crippen LogP) is 1.89. The average Bonchev–Trinajstić information content (AvgIpc) is 2.79. The van der Waals surface area contributed by atoms with Gasteiger partial charge in [-0.3, -0.25) is 4.99 Å². The molecule has 0 aromatic carbocycles. The van der Waals surface area contributed by atoms with E-state index in [0.29, 0.717) is 0 Å².